The van der Waals surface area contributed by atoms with E-state index in [0.717, 1.165) is 0 Å². The number of hydrazine groups is 1. The van der Waals surface area contributed by atoms with Crippen LogP contribution in [0.2, 0.25) is 0 Å². The summed E-state index contributed by atoms with van der Waals surface area (Å²) < 4.78 is 4.86. The highest BCUT2D eigenvalue weighted by Gasteiger charge is 2.10. The highest BCUT2D eigenvalue weighted by Crippen LogP contribution is 2.03. The van der Waals surface area contributed by atoms with Gasteiger partial charge < -0.3 is 4.42 Å². The van der Waals surface area contributed by atoms with Crippen LogP contribution in [0.3, 0.4) is 0 Å². The van der Waals surface area contributed by atoms with Gasteiger partial charge in [0.15, 0.2) is 5.76 Å². The van der Waals surface area contributed by atoms with Crippen LogP contribution >= 0.6 is 0 Å². The molecule has 2 amide bonds. The third kappa shape index (κ3) is 2.98. The fourth-order valence-corrected chi connectivity index (χ4v) is 1.35. The Morgan fingerprint density at radius 2 is 1.74 bits per heavy atom. The molecular formula is C13H9N3O3. The molecule has 0 atom stereocenters. The van der Waals surface area contributed by atoms with Crippen molar-refractivity contribution >= 4 is 11.8 Å². The molecule has 0 saturated heterocycles. The van der Waals surface area contributed by atoms with Gasteiger partial charge in [0.2, 0.25) is 0 Å². The van der Waals surface area contributed by atoms with Gasteiger partial charge in [-0.1, -0.05) is 0 Å². The molecule has 2 aromatic rings. The first-order chi connectivity index (χ1) is 9.20. The number of furan rings is 1. The molecule has 6 nitrogen and oxygen atoms in total. The van der Waals surface area contributed by atoms with Gasteiger partial charge in [0.25, 0.3) is 5.91 Å². The molecule has 0 bridgehead atoms. The van der Waals surface area contributed by atoms with Crippen molar-refractivity contribution in [2.24, 2.45) is 0 Å². The lowest BCUT2D eigenvalue weighted by Gasteiger charge is -2.05. The number of rotatable bonds is 2. The first-order valence-electron chi connectivity index (χ1n) is 5.35. The van der Waals surface area contributed by atoms with Gasteiger partial charge in [-0.25, -0.2) is 0 Å². The fourth-order valence-electron chi connectivity index (χ4n) is 1.35. The van der Waals surface area contributed by atoms with Crippen LogP contribution in [0.5, 0.6) is 0 Å². The van der Waals surface area contributed by atoms with Gasteiger partial charge in [0.05, 0.1) is 17.9 Å². The highest BCUT2D eigenvalue weighted by atomic mass is 16.3. The van der Waals surface area contributed by atoms with Gasteiger partial charge in [-0.3, -0.25) is 20.4 Å². The number of carbonyl (C=O) groups excluding carboxylic acids is 2. The minimum absolute atomic E-state index is 0.0973. The van der Waals surface area contributed by atoms with Crippen LogP contribution in [-0.2, 0) is 0 Å². The van der Waals surface area contributed by atoms with Crippen LogP contribution in [0.15, 0.2) is 47.1 Å². The summed E-state index contributed by atoms with van der Waals surface area (Å²) in [5.74, 6) is -0.934. The molecule has 94 valence electrons. The van der Waals surface area contributed by atoms with Crippen LogP contribution in [-0.4, -0.2) is 11.8 Å². The number of benzene rings is 1. The van der Waals surface area contributed by atoms with E-state index < -0.39 is 11.8 Å². The van der Waals surface area contributed by atoms with Crippen molar-refractivity contribution in [2.75, 3.05) is 0 Å². The molecule has 1 aromatic carbocycles. The summed E-state index contributed by atoms with van der Waals surface area (Å²) in [6.07, 6.45) is 1.36. The Balaban J connectivity index is 1.94. The van der Waals surface area contributed by atoms with E-state index in [2.05, 4.69) is 10.9 Å². The lowest BCUT2D eigenvalue weighted by molar-refractivity contribution is 0.0831. The van der Waals surface area contributed by atoms with E-state index in [1.165, 1.54) is 36.6 Å². The second-order valence-electron chi connectivity index (χ2n) is 3.57. The zero-order valence-electron chi connectivity index (χ0n) is 9.71. The lowest BCUT2D eigenvalue weighted by atomic mass is 10.1. The Morgan fingerprint density at radius 3 is 2.32 bits per heavy atom. The van der Waals surface area contributed by atoms with Crippen molar-refractivity contribution in [1.29, 1.82) is 5.26 Å². The van der Waals surface area contributed by atoms with Crippen LogP contribution in [0.1, 0.15) is 26.5 Å². The molecule has 0 aliphatic carbocycles. The Kier molecular flexibility index (Phi) is 3.59. The number of hydrogen-bond acceptors (Lipinski definition) is 4. The lowest BCUT2D eigenvalue weighted by Crippen LogP contribution is -2.41. The molecule has 0 saturated carbocycles. The topological polar surface area (TPSA) is 95.1 Å². The number of nitrogens with zero attached hydrogens (tertiary/aromatic N) is 1. The van der Waals surface area contributed by atoms with Crippen molar-refractivity contribution in [3.63, 3.8) is 0 Å². The molecule has 0 radical (unpaired) electrons. The van der Waals surface area contributed by atoms with E-state index in [-0.39, 0.29) is 5.76 Å². The number of carbonyl (C=O) groups is 2. The predicted octanol–water partition coefficient (Wildman–Crippen LogP) is 1.23. The van der Waals surface area contributed by atoms with Crippen LogP contribution in [0.25, 0.3) is 0 Å². The molecular weight excluding hydrogens is 246 g/mol. The second-order valence-corrected chi connectivity index (χ2v) is 3.57. The van der Waals surface area contributed by atoms with E-state index >= 15 is 0 Å². The maximum atomic E-state index is 11.7. The Labute approximate surface area is 108 Å². The normalized spacial score (nSPS) is 9.42. The molecule has 2 rings (SSSR count). The molecule has 0 unspecified atom stereocenters. The number of nitriles is 1. The molecule has 2 N–H and O–H groups in total. The maximum Gasteiger partial charge on any atom is 0.305 e. The standard InChI is InChI=1S/C13H9N3O3/c14-8-9-3-5-10(6-4-9)12(17)15-16-13(18)11-2-1-7-19-11/h1-7H,(H,15,17)(H,16,18). The molecule has 6 heteroatoms. The Bertz CT molecular complexity index is 624. The van der Waals surface area contributed by atoms with Gasteiger partial charge >= 0.3 is 5.91 Å². The van der Waals surface area contributed by atoms with Crippen LogP contribution < -0.4 is 10.9 Å². The number of nitrogens with one attached hydrogen (secondary N) is 2. The maximum absolute atomic E-state index is 11.7. The summed E-state index contributed by atoms with van der Waals surface area (Å²) in [5.41, 5.74) is 5.24. The molecule has 1 heterocycles. The summed E-state index contributed by atoms with van der Waals surface area (Å²) in [5, 5.41) is 8.63. The summed E-state index contributed by atoms with van der Waals surface area (Å²) >= 11 is 0. The quantitative estimate of drug-likeness (QED) is 0.789. The Hall–Kier alpha value is -3.07. The van der Waals surface area contributed by atoms with Crippen molar-refractivity contribution in [1.82, 2.24) is 10.9 Å². The zero-order chi connectivity index (χ0) is 13.7. The average Bonchev–Trinajstić information content (AvgIpc) is 2.98. The van der Waals surface area contributed by atoms with Gasteiger partial charge in [-0.05, 0) is 36.4 Å². The first kappa shape index (κ1) is 12.4. The molecule has 19 heavy (non-hydrogen) atoms. The van der Waals surface area contributed by atoms with Gasteiger partial charge in [-0.2, -0.15) is 5.26 Å². The van der Waals surface area contributed by atoms with E-state index in [1.807, 2.05) is 6.07 Å². The summed E-state index contributed by atoms with van der Waals surface area (Å²) in [6, 6.07) is 11.0. The smallest absolute Gasteiger partial charge is 0.305 e. The van der Waals surface area contributed by atoms with Gasteiger partial charge in [-0.15, -0.1) is 0 Å². The van der Waals surface area contributed by atoms with Crippen molar-refractivity contribution in [3.8, 4) is 6.07 Å². The Morgan fingerprint density at radius 1 is 1.05 bits per heavy atom. The van der Waals surface area contributed by atoms with Crippen molar-refractivity contribution in [2.45, 2.75) is 0 Å². The monoisotopic (exact) mass is 255 g/mol. The van der Waals surface area contributed by atoms with E-state index in [4.69, 9.17) is 9.68 Å². The summed E-state index contributed by atoms with van der Waals surface area (Å²) in [7, 11) is 0. The number of amides is 2. The van der Waals surface area contributed by atoms with Gasteiger partial charge in [0, 0.05) is 5.56 Å². The molecule has 0 aliphatic heterocycles. The average molecular weight is 255 g/mol. The minimum Gasteiger partial charge on any atom is -0.459 e. The zero-order valence-corrected chi connectivity index (χ0v) is 9.71. The highest BCUT2D eigenvalue weighted by molar-refractivity contribution is 5.97. The molecule has 0 fully saturated rings. The second kappa shape index (κ2) is 5.51. The summed E-state index contributed by atoms with van der Waals surface area (Å²) in [4.78, 5) is 23.2. The third-order valence-electron chi connectivity index (χ3n) is 2.31. The van der Waals surface area contributed by atoms with Crippen molar-refractivity contribution in [3.05, 3.63) is 59.5 Å². The SMILES string of the molecule is N#Cc1ccc(C(=O)NNC(=O)c2ccco2)cc1. The van der Waals surface area contributed by atoms with Crippen LogP contribution in [0, 0.1) is 11.3 Å². The van der Waals surface area contributed by atoms with E-state index in [1.54, 1.807) is 6.07 Å². The van der Waals surface area contributed by atoms with Crippen LogP contribution in [0.4, 0.5) is 0 Å². The number of hydrogen-bond donors (Lipinski definition) is 2. The third-order valence-corrected chi connectivity index (χ3v) is 2.31. The van der Waals surface area contributed by atoms with Gasteiger partial charge in [0.1, 0.15) is 0 Å². The largest absolute Gasteiger partial charge is 0.459 e. The first-order valence-corrected chi connectivity index (χ1v) is 5.35. The van der Waals surface area contributed by atoms with E-state index in [0.29, 0.717) is 11.1 Å². The molecule has 0 spiro atoms. The molecule has 0 aliphatic rings. The minimum atomic E-state index is -0.549. The fraction of sp³-hybridized carbons (Fsp3) is 0. The van der Waals surface area contributed by atoms with E-state index in [9.17, 15) is 9.59 Å². The van der Waals surface area contributed by atoms with Crippen molar-refractivity contribution < 1.29 is 14.0 Å². The predicted molar refractivity (Wildman–Crippen MR) is 64.8 cm³/mol. The molecule has 1 aromatic heterocycles. The summed E-state index contributed by atoms with van der Waals surface area (Å²) in [6.45, 7) is 0.